The van der Waals surface area contributed by atoms with Gasteiger partial charge >= 0.3 is 6.03 Å². The minimum Gasteiger partial charge on any atom is -0.338 e. The average molecular weight is 370 g/mol. The van der Waals surface area contributed by atoms with E-state index in [0.29, 0.717) is 6.54 Å². The predicted octanol–water partition coefficient (Wildman–Crippen LogP) is 2.37. The van der Waals surface area contributed by atoms with Gasteiger partial charge < -0.3 is 10.6 Å². The second kappa shape index (κ2) is 8.87. The molecule has 0 saturated carbocycles. The molecule has 0 unspecified atom stereocenters. The van der Waals surface area contributed by atoms with Crippen LogP contribution in [0.3, 0.4) is 0 Å². The maximum Gasteiger partial charge on any atom is 0.321 e. The van der Waals surface area contributed by atoms with E-state index in [1.807, 2.05) is 61.2 Å². The maximum atomic E-state index is 12.8. The van der Waals surface area contributed by atoms with E-state index in [1.54, 1.807) is 0 Å². The van der Waals surface area contributed by atoms with Crippen LogP contribution in [0.2, 0.25) is 0 Å². The molecule has 3 amide bonds. The number of thioether (sulfide) groups is 1. The second-order valence-corrected chi connectivity index (χ2v) is 7.35. The van der Waals surface area contributed by atoms with E-state index in [-0.39, 0.29) is 11.9 Å². The Bertz CT molecular complexity index is 767. The van der Waals surface area contributed by atoms with E-state index < -0.39 is 12.1 Å². The highest BCUT2D eigenvalue weighted by Gasteiger charge is 2.32. The first kappa shape index (κ1) is 18.5. The second-order valence-electron chi connectivity index (χ2n) is 6.21. The summed E-state index contributed by atoms with van der Waals surface area (Å²) in [5.74, 6) is 0.732. The first-order valence-electron chi connectivity index (χ1n) is 8.89. The van der Waals surface area contributed by atoms with Crippen molar-refractivity contribution in [3.63, 3.8) is 0 Å². The smallest absolute Gasteiger partial charge is 0.321 e. The lowest BCUT2D eigenvalue weighted by atomic mass is 9.99. The van der Waals surface area contributed by atoms with Crippen LogP contribution in [0.5, 0.6) is 0 Å². The van der Waals surface area contributed by atoms with Crippen LogP contribution in [0.15, 0.2) is 59.5 Å². The molecule has 0 bridgehead atoms. The van der Waals surface area contributed by atoms with Crippen LogP contribution in [0.25, 0.3) is 0 Å². The monoisotopic (exact) mass is 370 g/mol. The Morgan fingerprint density at radius 3 is 2.65 bits per heavy atom. The van der Waals surface area contributed by atoms with Crippen LogP contribution in [-0.2, 0) is 4.79 Å². The largest absolute Gasteiger partial charge is 0.338 e. The Morgan fingerprint density at radius 2 is 1.88 bits per heavy atom. The molecule has 2 atom stereocenters. The molecule has 1 heterocycles. The predicted molar refractivity (Wildman–Crippen MR) is 103 cm³/mol. The zero-order valence-electron chi connectivity index (χ0n) is 14.8. The lowest BCUT2D eigenvalue weighted by molar-refractivity contribution is -0.723. The molecular weight excluding hydrogens is 346 g/mol. The highest BCUT2D eigenvalue weighted by atomic mass is 32.2. The number of carbonyl (C=O) groups excluding carboxylic acids is 2. The average Bonchev–Trinajstić information content (AvgIpc) is 2.67. The summed E-state index contributed by atoms with van der Waals surface area (Å²) in [6.07, 6.45) is 0.986. The van der Waals surface area contributed by atoms with Crippen molar-refractivity contribution < 1.29 is 14.9 Å². The topological polar surface area (TPSA) is 74.8 Å². The maximum absolute atomic E-state index is 12.8. The van der Waals surface area contributed by atoms with E-state index in [9.17, 15) is 9.59 Å². The molecule has 0 radical (unpaired) electrons. The highest BCUT2D eigenvalue weighted by molar-refractivity contribution is 7.99. The van der Waals surface area contributed by atoms with E-state index in [4.69, 9.17) is 0 Å². The first-order chi connectivity index (χ1) is 12.7. The normalized spacial score (nSPS) is 17.0. The molecule has 0 aliphatic carbocycles. The zero-order chi connectivity index (χ0) is 18.4. The number of quaternary nitrogens is 1. The van der Waals surface area contributed by atoms with Gasteiger partial charge in [-0.1, -0.05) is 48.5 Å². The molecule has 26 heavy (non-hydrogen) atoms. The summed E-state index contributed by atoms with van der Waals surface area (Å²) in [5.41, 5.74) is 2.15. The Morgan fingerprint density at radius 1 is 1.15 bits per heavy atom. The summed E-state index contributed by atoms with van der Waals surface area (Å²) >= 11 is 1.86. The van der Waals surface area contributed by atoms with Gasteiger partial charge in [0.25, 0.3) is 5.91 Å². The fourth-order valence-corrected chi connectivity index (χ4v) is 4.36. The summed E-state index contributed by atoms with van der Waals surface area (Å²) in [5, 5.41) is 7.17. The lowest BCUT2D eigenvalue weighted by Crippen LogP contribution is -2.89. The van der Waals surface area contributed by atoms with Crippen molar-refractivity contribution in [1.82, 2.24) is 10.6 Å². The number of urea groups is 1. The van der Waals surface area contributed by atoms with Crippen molar-refractivity contribution in [1.29, 1.82) is 0 Å². The van der Waals surface area contributed by atoms with Crippen LogP contribution in [0.4, 0.5) is 4.79 Å². The molecule has 2 aromatic rings. The van der Waals surface area contributed by atoms with E-state index in [1.165, 1.54) is 10.5 Å². The van der Waals surface area contributed by atoms with Crippen molar-refractivity contribution in [2.45, 2.75) is 30.3 Å². The Balaban J connectivity index is 1.83. The third-order valence-electron chi connectivity index (χ3n) is 4.44. The van der Waals surface area contributed by atoms with Gasteiger partial charge in [-0.25, -0.2) is 4.79 Å². The molecule has 0 spiro atoms. The van der Waals surface area contributed by atoms with E-state index in [0.717, 1.165) is 17.7 Å². The summed E-state index contributed by atoms with van der Waals surface area (Å²) in [6, 6.07) is 17.2. The van der Waals surface area contributed by atoms with Crippen LogP contribution in [0.1, 0.15) is 36.6 Å². The third kappa shape index (κ3) is 4.45. The van der Waals surface area contributed by atoms with Crippen molar-refractivity contribution >= 4 is 23.7 Å². The zero-order valence-corrected chi connectivity index (χ0v) is 15.6. The van der Waals surface area contributed by atoms with Crippen molar-refractivity contribution in [2.24, 2.45) is 0 Å². The van der Waals surface area contributed by atoms with Gasteiger partial charge in [-0.2, -0.15) is 0 Å². The van der Waals surface area contributed by atoms with Gasteiger partial charge in [-0.3, -0.25) is 10.1 Å². The van der Waals surface area contributed by atoms with Crippen molar-refractivity contribution in [3.05, 3.63) is 65.7 Å². The molecule has 0 fully saturated rings. The minimum atomic E-state index is -0.472. The molecule has 136 valence electrons. The third-order valence-corrected chi connectivity index (χ3v) is 5.57. The Kier molecular flexibility index (Phi) is 6.30. The first-order valence-corrected chi connectivity index (χ1v) is 9.88. The number of nitrogens with one attached hydrogen (secondary N) is 2. The van der Waals surface area contributed by atoms with Crippen LogP contribution in [0, 0.1) is 0 Å². The van der Waals surface area contributed by atoms with Crippen LogP contribution >= 0.6 is 11.8 Å². The fraction of sp³-hybridized carbons (Fsp3) is 0.300. The number of hydrogen-bond donors (Lipinski definition) is 3. The number of fused-ring (bicyclic) bond motifs is 1. The molecule has 4 N–H and O–H groups in total. The molecule has 1 aliphatic rings. The van der Waals surface area contributed by atoms with Crippen molar-refractivity contribution in [3.8, 4) is 0 Å². The van der Waals surface area contributed by atoms with E-state index in [2.05, 4.69) is 28.1 Å². The molecule has 2 aromatic carbocycles. The number of nitrogens with two attached hydrogens (primary N) is 1. The SMILES string of the molecule is CCNC(=O)NC(=O)[C@H]([NH2+][C@H]1CCSc2ccccc21)c1ccccc1. The summed E-state index contributed by atoms with van der Waals surface area (Å²) in [6.45, 7) is 2.30. The molecule has 3 rings (SSSR count). The molecular formula is C20H24N3O2S+. The summed E-state index contributed by atoms with van der Waals surface area (Å²) in [7, 11) is 0. The van der Waals surface area contributed by atoms with Crippen molar-refractivity contribution in [2.75, 3.05) is 12.3 Å². The number of carbonyl (C=O) groups is 2. The van der Waals surface area contributed by atoms with Gasteiger partial charge in [0, 0.05) is 34.7 Å². The standard InChI is InChI=1S/C20H23N3O2S/c1-2-21-20(25)23-19(24)18(14-8-4-3-5-9-14)22-16-12-13-26-17-11-7-6-10-15(16)17/h3-11,16,18,22H,2,12-13H2,1H3,(H2,21,23,24,25)/p+1/t16-,18+/m0/s1. The van der Waals surface area contributed by atoms with Crippen LogP contribution in [-0.4, -0.2) is 24.2 Å². The number of imide groups is 1. The van der Waals surface area contributed by atoms with Gasteiger partial charge in [0.1, 0.15) is 6.04 Å². The Hall–Kier alpha value is -2.31. The number of amides is 3. The minimum absolute atomic E-state index is 0.192. The van der Waals surface area contributed by atoms with Gasteiger partial charge in [0.15, 0.2) is 6.04 Å². The molecule has 0 saturated heterocycles. The highest BCUT2D eigenvalue weighted by Crippen LogP contribution is 2.34. The quantitative estimate of drug-likeness (QED) is 0.756. The number of rotatable bonds is 5. The molecule has 1 aliphatic heterocycles. The molecule has 5 nitrogen and oxygen atoms in total. The molecule has 0 aromatic heterocycles. The number of hydrogen-bond acceptors (Lipinski definition) is 3. The van der Waals surface area contributed by atoms with Gasteiger partial charge in [0.2, 0.25) is 0 Å². The van der Waals surface area contributed by atoms with Gasteiger partial charge in [0.05, 0.1) is 0 Å². The van der Waals surface area contributed by atoms with Gasteiger partial charge in [-0.15, -0.1) is 11.8 Å². The van der Waals surface area contributed by atoms with Gasteiger partial charge in [-0.05, 0) is 13.0 Å². The Labute approximate surface area is 157 Å². The summed E-state index contributed by atoms with van der Waals surface area (Å²) < 4.78 is 0. The van der Waals surface area contributed by atoms with E-state index >= 15 is 0 Å². The number of benzene rings is 2. The fourth-order valence-electron chi connectivity index (χ4n) is 3.21. The summed E-state index contributed by atoms with van der Waals surface area (Å²) in [4.78, 5) is 25.9. The lowest BCUT2D eigenvalue weighted by Gasteiger charge is -2.27. The van der Waals surface area contributed by atoms with Crippen LogP contribution < -0.4 is 16.0 Å². The molecule has 6 heteroatoms.